The Labute approximate surface area is 118 Å². The molecular weight excluding hydrogens is 228 g/mol. The standard InChI is InChI=1S/C19H28/c1-17-8-4-5-15(17)14-6-12-18-9-2-3-10-19(18,13-18)16(14)7-11-17/h3,10,14-16H,2,4-9,11-13H2,1H3/t14-,15-,16-,17-,18?,19-/m0/s1. The van der Waals surface area contributed by atoms with Crippen LogP contribution in [-0.2, 0) is 0 Å². The summed E-state index contributed by atoms with van der Waals surface area (Å²) in [6, 6.07) is 0. The molecule has 5 aliphatic carbocycles. The molecule has 4 fully saturated rings. The Morgan fingerprint density at radius 3 is 2.84 bits per heavy atom. The molecule has 0 aromatic heterocycles. The largest absolute Gasteiger partial charge is 0.0879 e. The van der Waals surface area contributed by atoms with Gasteiger partial charge in [-0.05, 0) is 91.8 Å². The molecular formula is C19H28. The van der Waals surface area contributed by atoms with Gasteiger partial charge < -0.3 is 0 Å². The summed E-state index contributed by atoms with van der Waals surface area (Å²) in [7, 11) is 0. The van der Waals surface area contributed by atoms with E-state index in [0.717, 1.165) is 28.6 Å². The molecule has 0 heterocycles. The van der Waals surface area contributed by atoms with Crippen molar-refractivity contribution in [3.05, 3.63) is 12.2 Å². The summed E-state index contributed by atoms with van der Waals surface area (Å²) in [5, 5.41) is 0. The van der Waals surface area contributed by atoms with Gasteiger partial charge in [0.1, 0.15) is 0 Å². The van der Waals surface area contributed by atoms with Gasteiger partial charge in [0.2, 0.25) is 0 Å². The Morgan fingerprint density at radius 2 is 1.89 bits per heavy atom. The van der Waals surface area contributed by atoms with Gasteiger partial charge in [0.05, 0.1) is 0 Å². The van der Waals surface area contributed by atoms with Crippen molar-refractivity contribution in [1.82, 2.24) is 0 Å². The van der Waals surface area contributed by atoms with Gasteiger partial charge in [-0.2, -0.15) is 0 Å². The van der Waals surface area contributed by atoms with Gasteiger partial charge in [-0.3, -0.25) is 0 Å². The van der Waals surface area contributed by atoms with Crippen LogP contribution >= 0.6 is 0 Å². The van der Waals surface area contributed by atoms with Gasteiger partial charge in [-0.25, -0.2) is 0 Å². The average Bonchev–Trinajstić information content (AvgIpc) is 2.97. The highest BCUT2D eigenvalue weighted by Crippen LogP contribution is 2.81. The zero-order chi connectivity index (χ0) is 12.7. The first-order valence-corrected chi connectivity index (χ1v) is 8.87. The van der Waals surface area contributed by atoms with Crippen LogP contribution in [0.1, 0.15) is 71.1 Å². The first kappa shape index (κ1) is 11.4. The molecule has 4 saturated carbocycles. The maximum atomic E-state index is 2.71. The minimum Gasteiger partial charge on any atom is -0.0879 e. The molecule has 0 aromatic rings. The molecule has 0 spiro atoms. The van der Waals surface area contributed by atoms with Crippen molar-refractivity contribution in [3.63, 3.8) is 0 Å². The third-order valence-electron chi connectivity index (χ3n) is 8.53. The summed E-state index contributed by atoms with van der Waals surface area (Å²) in [4.78, 5) is 0. The van der Waals surface area contributed by atoms with Gasteiger partial charge in [0.25, 0.3) is 0 Å². The van der Waals surface area contributed by atoms with Gasteiger partial charge in [-0.15, -0.1) is 0 Å². The van der Waals surface area contributed by atoms with Crippen molar-refractivity contribution >= 4 is 0 Å². The third-order valence-corrected chi connectivity index (χ3v) is 8.53. The zero-order valence-corrected chi connectivity index (χ0v) is 12.5. The first-order valence-electron chi connectivity index (χ1n) is 8.87. The fourth-order valence-corrected chi connectivity index (χ4v) is 7.59. The minimum absolute atomic E-state index is 0.706. The summed E-state index contributed by atoms with van der Waals surface area (Å²) < 4.78 is 0. The fourth-order valence-electron chi connectivity index (χ4n) is 7.59. The number of hydrogen-bond acceptors (Lipinski definition) is 0. The quantitative estimate of drug-likeness (QED) is 0.513. The smallest absolute Gasteiger partial charge is 0.00248 e. The van der Waals surface area contributed by atoms with Crippen molar-refractivity contribution in [1.29, 1.82) is 0 Å². The second-order valence-corrected chi connectivity index (χ2v) is 8.94. The molecule has 104 valence electrons. The number of fused-ring (bicyclic) bond motifs is 3. The molecule has 0 bridgehead atoms. The summed E-state index contributed by atoms with van der Waals surface area (Å²) in [6.45, 7) is 2.63. The number of allylic oxidation sites excluding steroid dienone is 2. The molecule has 0 aromatic carbocycles. The first-order chi connectivity index (χ1) is 9.19. The van der Waals surface area contributed by atoms with Crippen LogP contribution in [0, 0.1) is 34.0 Å². The minimum atomic E-state index is 0.706. The zero-order valence-electron chi connectivity index (χ0n) is 12.5. The molecule has 0 heteroatoms. The van der Waals surface area contributed by atoms with Crippen LogP contribution in [-0.4, -0.2) is 0 Å². The Bertz CT molecular complexity index is 449. The van der Waals surface area contributed by atoms with Crippen LogP contribution in [0.4, 0.5) is 0 Å². The van der Waals surface area contributed by atoms with E-state index in [0.29, 0.717) is 5.41 Å². The van der Waals surface area contributed by atoms with Crippen molar-refractivity contribution in [2.24, 2.45) is 34.0 Å². The second-order valence-electron chi connectivity index (χ2n) is 8.94. The van der Waals surface area contributed by atoms with Crippen LogP contribution in [0.15, 0.2) is 12.2 Å². The number of rotatable bonds is 0. The second kappa shape index (κ2) is 3.31. The predicted octanol–water partition coefficient (Wildman–Crippen LogP) is 5.34. The molecule has 1 unspecified atom stereocenters. The van der Waals surface area contributed by atoms with Crippen molar-refractivity contribution in [2.75, 3.05) is 0 Å². The van der Waals surface area contributed by atoms with E-state index in [1.54, 1.807) is 38.5 Å². The van der Waals surface area contributed by atoms with Crippen LogP contribution in [0.25, 0.3) is 0 Å². The van der Waals surface area contributed by atoms with Crippen LogP contribution in [0.2, 0.25) is 0 Å². The fraction of sp³-hybridized carbons (Fsp3) is 0.895. The molecule has 19 heavy (non-hydrogen) atoms. The van der Waals surface area contributed by atoms with Gasteiger partial charge >= 0.3 is 0 Å². The Balaban J connectivity index is 1.54. The van der Waals surface area contributed by atoms with Crippen LogP contribution < -0.4 is 0 Å². The van der Waals surface area contributed by atoms with E-state index in [-0.39, 0.29) is 0 Å². The van der Waals surface area contributed by atoms with E-state index in [9.17, 15) is 0 Å². The molecule has 0 radical (unpaired) electrons. The molecule has 0 N–H and O–H groups in total. The third kappa shape index (κ3) is 1.19. The Hall–Kier alpha value is -0.260. The van der Waals surface area contributed by atoms with E-state index in [1.807, 2.05) is 0 Å². The highest BCUT2D eigenvalue weighted by Gasteiger charge is 2.73. The van der Waals surface area contributed by atoms with Crippen molar-refractivity contribution < 1.29 is 0 Å². The molecule has 5 aliphatic rings. The van der Waals surface area contributed by atoms with E-state index >= 15 is 0 Å². The normalized spacial score (nSPS) is 61.8. The lowest BCUT2D eigenvalue weighted by atomic mass is 9.51. The summed E-state index contributed by atoms with van der Waals surface area (Å²) in [6.07, 6.45) is 20.6. The molecule has 5 rings (SSSR count). The molecule has 0 saturated heterocycles. The van der Waals surface area contributed by atoms with E-state index in [4.69, 9.17) is 0 Å². The summed E-state index contributed by atoms with van der Waals surface area (Å²) in [5.41, 5.74) is 2.25. The van der Waals surface area contributed by atoms with Gasteiger partial charge in [0, 0.05) is 0 Å². The lowest BCUT2D eigenvalue weighted by molar-refractivity contribution is -0.0271. The highest BCUT2D eigenvalue weighted by atomic mass is 14.8. The molecule has 0 amide bonds. The number of hydrogen-bond donors (Lipinski definition) is 0. The SMILES string of the molecule is C[C@@]12CCC[C@H]1[C@@H]1CCC34CCC=C[C@]3(C4)[C@H]1CC2. The van der Waals surface area contributed by atoms with E-state index in [2.05, 4.69) is 19.1 Å². The van der Waals surface area contributed by atoms with E-state index in [1.165, 1.54) is 25.7 Å². The molecule has 0 nitrogen and oxygen atoms in total. The Kier molecular flexibility index (Phi) is 1.99. The monoisotopic (exact) mass is 256 g/mol. The summed E-state index contributed by atoms with van der Waals surface area (Å²) in [5.74, 6) is 3.27. The topological polar surface area (TPSA) is 0 Å². The lowest BCUT2D eigenvalue weighted by Gasteiger charge is -2.53. The highest BCUT2D eigenvalue weighted by molar-refractivity contribution is 5.31. The molecule has 0 aliphatic heterocycles. The summed E-state index contributed by atoms with van der Waals surface area (Å²) >= 11 is 0. The average molecular weight is 256 g/mol. The van der Waals surface area contributed by atoms with Gasteiger partial charge in [0.15, 0.2) is 0 Å². The van der Waals surface area contributed by atoms with Crippen LogP contribution in [0.5, 0.6) is 0 Å². The Morgan fingerprint density at radius 1 is 0.947 bits per heavy atom. The van der Waals surface area contributed by atoms with Crippen molar-refractivity contribution in [2.45, 2.75) is 71.1 Å². The maximum Gasteiger partial charge on any atom is -0.00248 e. The lowest BCUT2D eigenvalue weighted by Crippen LogP contribution is -2.45. The van der Waals surface area contributed by atoms with Crippen molar-refractivity contribution in [3.8, 4) is 0 Å². The molecule has 6 atom stereocenters. The maximum absolute atomic E-state index is 2.71. The van der Waals surface area contributed by atoms with Crippen LogP contribution in [0.3, 0.4) is 0 Å². The van der Waals surface area contributed by atoms with E-state index < -0.39 is 0 Å². The predicted molar refractivity (Wildman–Crippen MR) is 78.8 cm³/mol. The van der Waals surface area contributed by atoms with Gasteiger partial charge in [-0.1, -0.05) is 25.5 Å².